The van der Waals surface area contributed by atoms with Gasteiger partial charge in [-0.1, -0.05) is 30.3 Å². The molecule has 7 heteroatoms. The van der Waals surface area contributed by atoms with Crippen molar-refractivity contribution in [1.82, 2.24) is 25.1 Å². The molecule has 1 amide bonds. The van der Waals surface area contributed by atoms with Gasteiger partial charge in [-0.3, -0.25) is 4.79 Å². The highest BCUT2D eigenvalue weighted by Crippen LogP contribution is 2.24. The number of nitrogens with one attached hydrogen (secondary N) is 1. The zero-order valence-corrected chi connectivity index (χ0v) is 17.2. The third-order valence-electron chi connectivity index (χ3n) is 5.63. The lowest BCUT2D eigenvalue weighted by atomic mass is 9.90. The first kappa shape index (κ1) is 20.1. The van der Waals surface area contributed by atoms with Crippen molar-refractivity contribution >= 4 is 11.7 Å². The minimum Gasteiger partial charge on any atom is -0.355 e. The van der Waals surface area contributed by atoms with Crippen molar-refractivity contribution in [1.29, 1.82) is 0 Å². The molecule has 1 aliphatic heterocycles. The summed E-state index contributed by atoms with van der Waals surface area (Å²) >= 11 is 0. The van der Waals surface area contributed by atoms with Crippen LogP contribution in [-0.2, 0) is 13.0 Å². The van der Waals surface area contributed by atoms with Crippen molar-refractivity contribution in [3.8, 4) is 0 Å². The third-order valence-corrected chi connectivity index (χ3v) is 5.63. The molecule has 1 aromatic carbocycles. The number of rotatable bonds is 8. The maximum absolute atomic E-state index is 12.3. The average Bonchev–Trinajstić information content (AvgIpc) is 3.32. The molecule has 1 aliphatic rings. The third kappa shape index (κ3) is 5.43. The molecule has 1 fully saturated rings. The van der Waals surface area contributed by atoms with Crippen LogP contribution in [0.1, 0.15) is 35.3 Å². The molecule has 0 spiro atoms. The summed E-state index contributed by atoms with van der Waals surface area (Å²) in [5.41, 5.74) is 1.77. The SMILES string of the molecule is O=C(NCCCn1ccnc1)c1ccc(N2CCC(Cc3ccccc3)CC2)nn1. The Morgan fingerprint density at radius 1 is 1.07 bits per heavy atom. The van der Waals surface area contributed by atoms with Crippen LogP contribution in [-0.4, -0.2) is 45.3 Å². The van der Waals surface area contributed by atoms with Gasteiger partial charge in [0.2, 0.25) is 0 Å². The van der Waals surface area contributed by atoms with E-state index in [9.17, 15) is 4.79 Å². The van der Waals surface area contributed by atoms with Gasteiger partial charge < -0.3 is 14.8 Å². The molecule has 0 saturated carbocycles. The first-order valence-corrected chi connectivity index (χ1v) is 10.6. The van der Waals surface area contributed by atoms with Gasteiger partial charge in [-0.05, 0) is 49.3 Å². The van der Waals surface area contributed by atoms with Crippen LogP contribution in [0.3, 0.4) is 0 Å². The Morgan fingerprint density at radius 3 is 2.60 bits per heavy atom. The normalized spacial score (nSPS) is 14.6. The monoisotopic (exact) mass is 404 g/mol. The second kappa shape index (κ2) is 10.0. The Balaban J connectivity index is 1.21. The molecule has 1 saturated heterocycles. The average molecular weight is 405 g/mol. The minimum absolute atomic E-state index is 0.179. The summed E-state index contributed by atoms with van der Waals surface area (Å²) in [7, 11) is 0. The van der Waals surface area contributed by atoms with Gasteiger partial charge in [0.15, 0.2) is 11.5 Å². The fourth-order valence-corrected chi connectivity index (χ4v) is 3.90. The molecule has 1 N–H and O–H groups in total. The van der Waals surface area contributed by atoms with Crippen molar-refractivity contribution in [2.75, 3.05) is 24.5 Å². The van der Waals surface area contributed by atoms with Crippen LogP contribution >= 0.6 is 0 Å². The number of hydrogen-bond acceptors (Lipinski definition) is 5. The van der Waals surface area contributed by atoms with Crippen molar-refractivity contribution in [3.63, 3.8) is 0 Å². The minimum atomic E-state index is -0.179. The number of nitrogens with zero attached hydrogens (tertiary/aromatic N) is 5. The molecule has 0 bridgehead atoms. The lowest BCUT2D eigenvalue weighted by molar-refractivity contribution is 0.0946. The maximum atomic E-state index is 12.3. The molecule has 4 rings (SSSR count). The van der Waals surface area contributed by atoms with Crippen LogP contribution in [0.25, 0.3) is 0 Å². The van der Waals surface area contributed by atoms with Crippen molar-refractivity contribution < 1.29 is 4.79 Å². The summed E-state index contributed by atoms with van der Waals surface area (Å²) < 4.78 is 1.99. The van der Waals surface area contributed by atoms with E-state index in [0.717, 1.165) is 51.1 Å². The predicted octanol–water partition coefficient (Wildman–Crippen LogP) is 2.95. The molecule has 0 aliphatic carbocycles. The van der Waals surface area contributed by atoms with Gasteiger partial charge in [-0.15, -0.1) is 10.2 Å². The Bertz CT molecular complexity index is 903. The Labute approximate surface area is 177 Å². The number of piperidine rings is 1. The number of anilines is 1. The number of benzene rings is 1. The lowest BCUT2D eigenvalue weighted by Gasteiger charge is -2.32. The molecule has 0 unspecified atom stereocenters. The molecule has 7 nitrogen and oxygen atoms in total. The smallest absolute Gasteiger partial charge is 0.271 e. The first-order valence-electron chi connectivity index (χ1n) is 10.6. The van der Waals surface area contributed by atoms with E-state index in [4.69, 9.17) is 0 Å². The molecule has 30 heavy (non-hydrogen) atoms. The first-order chi connectivity index (χ1) is 14.8. The summed E-state index contributed by atoms with van der Waals surface area (Å²) in [6.07, 6.45) is 9.71. The van der Waals surface area contributed by atoms with Gasteiger partial charge in [0, 0.05) is 38.6 Å². The van der Waals surface area contributed by atoms with Gasteiger partial charge in [0.25, 0.3) is 5.91 Å². The van der Waals surface area contributed by atoms with Gasteiger partial charge in [0.05, 0.1) is 6.33 Å². The maximum Gasteiger partial charge on any atom is 0.271 e. The Kier molecular flexibility index (Phi) is 6.69. The number of imidazole rings is 1. The number of amides is 1. The highest BCUT2D eigenvalue weighted by atomic mass is 16.1. The Morgan fingerprint density at radius 2 is 1.90 bits per heavy atom. The highest BCUT2D eigenvalue weighted by Gasteiger charge is 2.21. The van der Waals surface area contributed by atoms with E-state index in [1.165, 1.54) is 5.56 Å². The zero-order chi connectivity index (χ0) is 20.6. The molecule has 3 heterocycles. The molecule has 3 aromatic rings. The van der Waals surface area contributed by atoms with E-state index in [2.05, 4.69) is 55.7 Å². The fraction of sp³-hybridized carbons (Fsp3) is 0.391. The quantitative estimate of drug-likeness (QED) is 0.584. The van der Waals surface area contributed by atoms with E-state index in [-0.39, 0.29) is 5.91 Å². The molecule has 0 radical (unpaired) electrons. The number of hydrogen-bond donors (Lipinski definition) is 1. The van der Waals surface area contributed by atoms with Crippen LogP contribution < -0.4 is 10.2 Å². The van der Waals surface area contributed by atoms with E-state index >= 15 is 0 Å². The van der Waals surface area contributed by atoms with Gasteiger partial charge in [0.1, 0.15) is 0 Å². The summed E-state index contributed by atoms with van der Waals surface area (Å²) in [4.78, 5) is 18.5. The van der Waals surface area contributed by atoms with Crippen molar-refractivity contribution in [3.05, 3.63) is 72.4 Å². The van der Waals surface area contributed by atoms with Crippen LogP contribution in [0.4, 0.5) is 5.82 Å². The second-order valence-electron chi connectivity index (χ2n) is 7.81. The standard InChI is InChI=1S/C23H28N6O/c30-23(25-11-4-13-28-16-12-24-18-28)21-7-8-22(27-26-21)29-14-9-20(10-15-29)17-19-5-2-1-3-6-19/h1-3,5-8,12,16,18,20H,4,9-11,13-15,17H2,(H,25,30). The number of aryl methyl sites for hydroxylation is 1. The number of carbonyl (C=O) groups excluding carboxylic acids is 1. The zero-order valence-electron chi connectivity index (χ0n) is 17.2. The number of aromatic nitrogens is 4. The van der Waals surface area contributed by atoms with Crippen molar-refractivity contribution in [2.24, 2.45) is 5.92 Å². The van der Waals surface area contributed by atoms with Crippen LogP contribution in [0.2, 0.25) is 0 Å². The molecule has 0 atom stereocenters. The molecule has 156 valence electrons. The summed E-state index contributed by atoms with van der Waals surface area (Å²) in [6, 6.07) is 14.4. The fourth-order valence-electron chi connectivity index (χ4n) is 3.90. The summed E-state index contributed by atoms with van der Waals surface area (Å²) in [5, 5.41) is 11.4. The Hall–Kier alpha value is -3.22. The van der Waals surface area contributed by atoms with E-state index in [0.29, 0.717) is 18.2 Å². The van der Waals surface area contributed by atoms with Gasteiger partial charge in [-0.25, -0.2) is 4.98 Å². The lowest BCUT2D eigenvalue weighted by Crippen LogP contribution is -2.35. The van der Waals surface area contributed by atoms with Crippen LogP contribution in [0.5, 0.6) is 0 Å². The van der Waals surface area contributed by atoms with E-state index in [1.807, 2.05) is 16.8 Å². The second-order valence-corrected chi connectivity index (χ2v) is 7.81. The summed E-state index contributed by atoms with van der Waals surface area (Å²) in [6.45, 7) is 3.37. The van der Waals surface area contributed by atoms with Crippen molar-refractivity contribution in [2.45, 2.75) is 32.2 Å². The molecule has 2 aromatic heterocycles. The largest absolute Gasteiger partial charge is 0.355 e. The topological polar surface area (TPSA) is 75.9 Å². The highest BCUT2D eigenvalue weighted by molar-refractivity contribution is 5.92. The predicted molar refractivity (Wildman–Crippen MR) is 116 cm³/mol. The van der Waals surface area contributed by atoms with E-state index < -0.39 is 0 Å². The van der Waals surface area contributed by atoms with Gasteiger partial charge >= 0.3 is 0 Å². The molecular weight excluding hydrogens is 376 g/mol. The molecular formula is C23H28N6O. The van der Waals surface area contributed by atoms with Crippen LogP contribution in [0, 0.1) is 5.92 Å². The summed E-state index contributed by atoms with van der Waals surface area (Å²) in [5.74, 6) is 1.38. The van der Waals surface area contributed by atoms with Crippen LogP contribution in [0.15, 0.2) is 61.2 Å². The number of carbonyl (C=O) groups is 1. The van der Waals surface area contributed by atoms with Gasteiger partial charge in [-0.2, -0.15) is 0 Å². The van der Waals surface area contributed by atoms with E-state index in [1.54, 1.807) is 18.6 Å².